The summed E-state index contributed by atoms with van der Waals surface area (Å²) in [5.41, 5.74) is 0.627. The number of nitriles is 1. The summed E-state index contributed by atoms with van der Waals surface area (Å²) in [5, 5.41) is 28.4. The summed E-state index contributed by atoms with van der Waals surface area (Å²) < 4.78 is 4.95. The molecule has 0 aliphatic carbocycles. The molecule has 10 nitrogen and oxygen atoms in total. The Morgan fingerprint density at radius 2 is 1.81 bits per heavy atom. The van der Waals surface area contributed by atoms with E-state index in [-0.39, 0.29) is 41.1 Å². The molecule has 0 spiro atoms. The first-order chi connectivity index (χ1) is 14.8. The van der Waals surface area contributed by atoms with Crippen LogP contribution in [0.3, 0.4) is 0 Å². The van der Waals surface area contributed by atoms with Crippen molar-refractivity contribution in [1.29, 1.82) is 10.7 Å². The summed E-state index contributed by atoms with van der Waals surface area (Å²) in [5.74, 6) is -0.969. The summed E-state index contributed by atoms with van der Waals surface area (Å²) in [6.45, 7) is 10.4. The molecule has 168 valence electrons. The fraction of sp³-hybridized carbons (Fsp3) is 0.524. The third-order valence-electron chi connectivity index (χ3n) is 5.23. The Bertz CT molecular complexity index is 902. The smallest absolute Gasteiger partial charge is 0.343 e. The highest BCUT2D eigenvalue weighted by Crippen LogP contribution is 2.28. The number of nitrogens with zero attached hydrogens (tertiary/aromatic N) is 4. The standard InChI is InChI=1S/C21H30N6O4/c1-5-25(6-2)21(30)27-10-8-26(9-11-27)19(23)15(13-22)12-16-18(28)17(14(4)24-16)20(29)31-7-3/h12,23-24,28H,5-11H2,1-4H3. The predicted molar refractivity (Wildman–Crippen MR) is 116 cm³/mol. The van der Waals surface area contributed by atoms with Crippen LogP contribution in [0.1, 0.15) is 42.5 Å². The number of nitrogens with one attached hydrogen (secondary N) is 2. The van der Waals surface area contributed by atoms with Crippen LogP contribution < -0.4 is 0 Å². The Kier molecular flexibility index (Phi) is 8.07. The topological polar surface area (TPSA) is 137 Å². The average Bonchev–Trinajstić information content (AvgIpc) is 3.05. The molecule has 1 aromatic heterocycles. The van der Waals surface area contributed by atoms with Crippen LogP contribution in [0.2, 0.25) is 0 Å². The van der Waals surface area contributed by atoms with Gasteiger partial charge in [0, 0.05) is 45.0 Å². The SMILES string of the molecule is CCOC(=O)c1c(C)[nH]c(C=C(C#N)C(=N)N2CCN(C(=O)N(CC)CC)CC2)c1O. The van der Waals surface area contributed by atoms with Crippen molar-refractivity contribution in [3.05, 3.63) is 22.5 Å². The van der Waals surface area contributed by atoms with E-state index in [4.69, 9.17) is 10.1 Å². The highest BCUT2D eigenvalue weighted by atomic mass is 16.5. The second-order valence-corrected chi connectivity index (χ2v) is 7.06. The van der Waals surface area contributed by atoms with E-state index in [9.17, 15) is 20.0 Å². The molecule has 0 aromatic carbocycles. The summed E-state index contributed by atoms with van der Waals surface area (Å²) in [6.07, 6.45) is 1.35. The van der Waals surface area contributed by atoms with E-state index in [0.29, 0.717) is 45.0 Å². The Hall–Kier alpha value is -3.48. The van der Waals surface area contributed by atoms with Crippen LogP contribution in [0.4, 0.5) is 4.79 Å². The third kappa shape index (κ3) is 5.17. The van der Waals surface area contributed by atoms with Crippen molar-refractivity contribution >= 4 is 23.9 Å². The number of esters is 1. The largest absolute Gasteiger partial charge is 0.505 e. The minimum atomic E-state index is -0.657. The van der Waals surface area contributed by atoms with Crippen LogP contribution in [0.5, 0.6) is 5.75 Å². The molecule has 1 aliphatic heterocycles. The molecule has 0 bridgehead atoms. The highest BCUT2D eigenvalue weighted by Gasteiger charge is 2.27. The van der Waals surface area contributed by atoms with Gasteiger partial charge < -0.3 is 29.5 Å². The number of rotatable bonds is 6. The second kappa shape index (κ2) is 10.5. The third-order valence-corrected chi connectivity index (χ3v) is 5.23. The molecule has 2 rings (SSSR count). The number of aromatic hydroxyl groups is 1. The van der Waals surface area contributed by atoms with Gasteiger partial charge in [0.1, 0.15) is 17.5 Å². The monoisotopic (exact) mass is 430 g/mol. The zero-order chi connectivity index (χ0) is 23.1. The number of aromatic nitrogens is 1. The van der Waals surface area contributed by atoms with Crippen LogP contribution in [0.25, 0.3) is 6.08 Å². The first-order valence-electron chi connectivity index (χ1n) is 10.4. The van der Waals surface area contributed by atoms with Crippen molar-refractivity contribution in [2.24, 2.45) is 0 Å². The van der Waals surface area contributed by atoms with Crippen LogP contribution in [0.15, 0.2) is 5.57 Å². The Morgan fingerprint density at radius 3 is 2.32 bits per heavy atom. The lowest BCUT2D eigenvalue weighted by atomic mass is 10.1. The maximum absolute atomic E-state index is 12.5. The van der Waals surface area contributed by atoms with E-state index < -0.39 is 5.97 Å². The average molecular weight is 431 g/mol. The van der Waals surface area contributed by atoms with E-state index in [2.05, 4.69) is 4.98 Å². The number of amides is 2. The van der Waals surface area contributed by atoms with Crippen molar-refractivity contribution in [3.63, 3.8) is 0 Å². The molecule has 1 aliphatic rings. The quantitative estimate of drug-likeness (QED) is 0.274. The Morgan fingerprint density at radius 1 is 1.23 bits per heavy atom. The number of piperazine rings is 1. The first-order valence-corrected chi connectivity index (χ1v) is 10.4. The van der Waals surface area contributed by atoms with Gasteiger partial charge in [0.2, 0.25) is 0 Å². The lowest BCUT2D eigenvalue weighted by molar-refractivity contribution is 0.0522. The molecule has 3 N–H and O–H groups in total. The number of urea groups is 1. The van der Waals surface area contributed by atoms with Crippen LogP contribution >= 0.6 is 0 Å². The van der Waals surface area contributed by atoms with Gasteiger partial charge in [-0.25, -0.2) is 9.59 Å². The number of hydrogen-bond donors (Lipinski definition) is 3. The van der Waals surface area contributed by atoms with Crippen molar-refractivity contribution in [3.8, 4) is 11.8 Å². The van der Waals surface area contributed by atoms with Crippen LogP contribution in [-0.2, 0) is 4.74 Å². The normalized spacial score (nSPS) is 14.2. The van der Waals surface area contributed by atoms with Gasteiger partial charge in [-0.05, 0) is 33.8 Å². The molecule has 10 heteroatoms. The highest BCUT2D eigenvalue weighted by molar-refractivity contribution is 6.04. The zero-order valence-corrected chi connectivity index (χ0v) is 18.5. The lowest BCUT2D eigenvalue weighted by Crippen LogP contribution is -2.54. The van der Waals surface area contributed by atoms with Gasteiger partial charge in [-0.1, -0.05) is 0 Å². The summed E-state index contributed by atoms with van der Waals surface area (Å²) >= 11 is 0. The zero-order valence-electron chi connectivity index (χ0n) is 18.5. The molecular formula is C21H30N6O4. The van der Waals surface area contributed by atoms with E-state index in [1.165, 1.54) is 6.08 Å². The van der Waals surface area contributed by atoms with Crippen molar-refractivity contribution in [1.82, 2.24) is 19.7 Å². The van der Waals surface area contributed by atoms with Gasteiger partial charge in [-0.2, -0.15) is 5.26 Å². The van der Waals surface area contributed by atoms with Crippen molar-refractivity contribution in [2.45, 2.75) is 27.7 Å². The maximum Gasteiger partial charge on any atom is 0.343 e. The fourth-order valence-corrected chi connectivity index (χ4v) is 3.48. The van der Waals surface area contributed by atoms with Crippen LogP contribution in [-0.4, -0.2) is 88.5 Å². The first kappa shape index (κ1) is 23.8. The van der Waals surface area contributed by atoms with Gasteiger partial charge in [-0.15, -0.1) is 0 Å². The molecular weight excluding hydrogens is 400 g/mol. The van der Waals surface area contributed by atoms with Crippen LogP contribution in [0, 0.1) is 23.7 Å². The lowest BCUT2D eigenvalue weighted by Gasteiger charge is -2.38. The molecule has 2 heterocycles. The number of carbonyl (C=O) groups excluding carboxylic acids is 2. The Labute approximate surface area is 182 Å². The molecule has 1 fully saturated rings. The molecule has 0 atom stereocenters. The number of H-pyrrole nitrogens is 1. The summed E-state index contributed by atoms with van der Waals surface area (Å²) in [6, 6.07) is 1.96. The van der Waals surface area contributed by atoms with E-state index in [1.807, 2.05) is 19.9 Å². The van der Waals surface area contributed by atoms with E-state index >= 15 is 0 Å². The second-order valence-electron chi connectivity index (χ2n) is 7.06. The van der Waals surface area contributed by atoms with Gasteiger partial charge in [0.15, 0.2) is 5.75 Å². The minimum Gasteiger partial charge on any atom is -0.505 e. The number of amidine groups is 1. The number of ether oxygens (including phenoxy) is 1. The van der Waals surface area contributed by atoms with Gasteiger partial charge in [-0.3, -0.25) is 5.41 Å². The molecule has 0 radical (unpaired) electrons. The molecule has 0 unspecified atom stereocenters. The van der Waals surface area contributed by atoms with E-state index in [0.717, 1.165) is 0 Å². The number of hydrogen-bond acceptors (Lipinski definition) is 6. The van der Waals surface area contributed by atoms with Crippen molar-refractivity contribution < 1.29 is 19.4 Å². The summed E-state index contributed by atoms with van der Waals surface area (Å²) in [7, 11) is 0. The minimum absolute atomic E-state index is 0.00164. The number of aryl methyl sites for hydroxylation is 1. The van der Waals surface area contributed by atoms with Gasteiger partial charge in [0.25, 0.3) is 0 Å². The molecule has 1 aromatic rings. The number of carbonyl (C=O) groups is 2. The predicted octanol–water partition coefficient (Wildman–Crippen LogP) is 2.17. The molecule has 0 saturated carbocycles. The summed E-state index contributed by atoms with van der Waals surface area (Å²) in [4.78, 5) is 32.6. The number of aromatic amines is 1. The van der Waals surface area contributed by atoms with Crippen molar-refractivity contribution in [2.75, 3.05) is 45.9 Å². The Balaban J connectivity index is 2.14. The molecule has 2 amide bonds. The van der Waals surface area contributed by atoms with E-state index in [1.54, 1.807) is 28.5 Å². The molecule has 1 saturated heterocycles. The van der Waals surface area contributed by atoms with Gasteiger partial charge in [0.05, 0.1) is 17.9 Å². The fourth-order valence-electron chi connectivity index (χ4n) is 3.48. The van der Waals surface area contributed by atoms with Gasteiger partial charge >= 0.3 is 12.0 Å². The maximum atomic E-state index is 12.5. The molecule has 31 heavy (non-hydrogen) atoms.